The van der Waals surface area contributed by atoms with E-state index in [2.05, 4.69) is 13.0 Å². The van der Waals surface area contributed by atoms with Crippen LogP contribution in [-0.4, -0.2) is 23.9 Å². The molecule has 0 bridgehead atoms. The Bertz CT molecular complexity index is 217. The Balaban J connectivity index is 3.96. The lowest BCUT2D eigenvalue weighted by Crippen LogP contribution is -2.30. The van der Waals surface area contributed by atoms with Crippen molar-refractivity contribution in [3.63, 3.8) is 0 Å². The Morgan fingerprint density at radius 2 is 1.69 bits per heavy atom. The van der Waals surface area contributed by atoms with Gasteiger partial charge in [0.25, 0.3) is 0 Å². The van der Waals surface area contributed by atoms with Crippen molar-refractivity contribution in [2.24, 2.45) is 0 Å². The minimum absolute atomic E-state index is 0.195. The molecule has 0 aliphatic carbocycles. The number of allylic oxidation sites excluding steroid dienone is 1. The molecule has 0 aliphatic heterocycles. The van der Waals surface area contributed by atoms with Crippen LogP contribution in [0.2, 0.25) is 0 Å². The van der Waals surface area contributed by atoms with Crippen LogP contribution in [0.5, 0.6) is 0 Å². The average Bonchev–Trinajstić information content (AvgIpc) is 2.30. The molecule has 0 saturated heterocycles. The molecule has 0 heterocycles. The third-order valence-corrected chi connectivity index (χ3v) is 2.90. The molecule has 2 nitrogen and oxygen atoms in total. The van der Waals surface area contributed by atoms with Crippen LogP contribution in [0.1, 0.15) is 59.8 Å². The van der Waals surface area contributed by atoms with Gasteiger partial charge in [0, 0.05) is 18.7 Å². The smallest absolute Gasteiger partial charge is 0.249 e. The Morgan fingerprint density at radius 1 is 1.06 bits per heavy atom. The van der Waals surface area contributed by atoms with Gasteiger partial charge in [-0.2, -0.15) is 0 Å². The Labute approximate surface area is 101 Å². The lowest BCUT2D eigenvalue weighted by molar-refractivity contribution is -0.126. The molecule has 0 atom stereocenters. The first kappa shape index (κ1) is 15.2. The number of carbonyl (C=O) groups is 1. The van der Waals surface area contributed by atoms with Gasteiger partial charge in [-0.05, 0) is 33.6 Å². The van der Waals surface area contributed by atoms with Crippen molar-refractivity contribution in [3.8, 4) is 0 Å². The van der Waals surface area contributed by atoms with Crippen LogP contribution in [0, 0.1) is 0 Å². The Kier molecular flexibility index (Phi) is 8.97. The van der Waals surface area contributed by atoms with E-state index in [0.717, 1.165) is 25.1 Å². The molecule has 0 spiro atoms. The number of likely N-dealkylation sites (N-methyl/N-ethyl adjacent to an activating group) is 1. The lowest BCUT2D eigenvalue weighted by Gasteiger charge is -2.18. The molecule has 0 fully saturated rings. The quantitative estimate of drug-likeness (QED) is 0.455. The predicted molar refractivity (Wildman–Crippen MR) is 70.4 cm³/mol. The summed E-state index contributed by atoms with van der Waals surface area (Å²) in [4.78, 5) is 13.8. The highest BCUT2D eigenvalue weighted by Gasteiger charge is 2.10. The third-order valence-electron chi connectivity index (χ3n) is 2.90. The number of hydrogen-bond donors (Lipinski definition) is 0. The van der Waals surface area contributed by atoms with Gasteiger partial charge in [-0.15, -0.1) is 0 Å². The highest BCUT2D eigenvalue weighted by Crippen LogP contribution is 2.07. The number of unbranched alkanes of at least 4 members (excludes halogenated alkanes) is 4. The first-order chi connectivity index (χ1) is 7.67. The summed E-state index contributed by atoms with van der Waals surface area (Å²) in [5.74, 6) is 0.195. The van der Waals surface area contributed by atoms with Crippen LogP contribution in [-0.2, 0) is 4.79 Å². The zero-order valence-corrected chi connectivity index (χ0v) is 11.4. The fraction of sp³-hybridized carbons (Fsp3) is 0.786. The number of carbonyl (C=O) groups excluding carboxylic acids is 1. The first-order valence-corrected chi connectivity index (χ1v) is 6.63. The van der Waals surface area contributed by atoms with Crippen LogP contribution in [0.3, 0.4) is 0 Å². The molecule has 0 aromatic carbocycles. The monoisotopic (exact) mass is 225 g/mol. The SMILES string of the molecule is CCCCCC/C=C(\C)C(=O)N(CC)CC. The van der Waals surface area contributed by atoms with Gasteiger partial charge < -0.3 is 4.90 Å². The molecular formula is C14H27NO. The predicted octanol–water partition coefficient (Wildman–Crippen LogP) is 3.77. The van der Waals surface area contributed by atoms with Gasteiger partial charge in [-0.3, -0.25) is 4.79 Å². The Hall–Kier alpha value is -0.790. The highest BCUT2D eigenvalue weighted by atomic mass is 16.2. The van der Waals surface area contributed by atoms with E-state index < -0.39 is 0 Å². The highest BCUT2D eigenvalue weighted by molar-refractivity contribution is 5.92. The van der Waals surface area contributed by atoms with Crippen molar-refractivity contribution >= 4 is 5.91 Å². The molecule has 16 heavy (non-hydrogen) atoms. The van der Waals surface area contributed by atoms with Gasteiger partial charge >= 0.3 is 0 Å². The molecule has 0 saturated carbocycles. The summed E-state index contributed by atoms with van der Waals surface area (Å²) in [6, 6.07) is 0. The summed E-state index contributed by atoms with van der Waals surface area (Å²) in [6.07, 6.45) is 8.18. The second-order valence-electron chi connectivity index (χ2n) is 4.21. The van der Waals surface area contributed by atoms with E-state index in [1.807, 2.05) is 25.7 Å². The van der Waals surface area contributed by atoms with E-state index in [1.54, 1.807) is 0 Å². The van der Waals surface area contributed by atoms with Crippen LogP contribution in [0.25, 0.3) is 0 Å². The van der Waals surface area contributed by atoms with Gasteiger partial charge in [-0.1, -0.05) is 32.3 Å². The van der Waals surface area contributed by atoms with Gasteiger partial charge in [0.1, 0.15) is 0 Å². The van der Waals surface area contributed by atoms with Crippen LogP contribution < -0.4 is 0 Å². The van der Waals surface area contributed by atoms with Gasteiger partial charge in [-0.25, -0.2) is 0 Å². The van der Waals surface area contributed by atoms with Crippen LogP contribution in [0.4, 0.5) is 0 Å². The zero-order chi connectivity index (χ0) is 12.4. The first-order valence-electron chi connectivity index (χ1n) is 6.63. The summed E-state index contributed by atoms with van der Waals surface area (Å²) in [5.41, 5.74) is 0.903. The van der Waals surface area contributed by atoms with E-state index in [1.165, 1.54) is 25.7 Å². The summed E-state index contributed by atoms with van der Waals surface area (Å²) >= 11 is 0. The molecule has 0 N–H and O–H groups in total. The number of amides is 1. The van der Waals surface area contributed by atoms with Gasteiger partial charge in [0.2, 0.25) is 5.91 Å². The molecule has 0 rings (SSSR count). The Morgan fingerprint density at radius 3 is 2.19 bits per heavy atom. The molecule has 0 aliphatic rings. The van der Waals surface area contributed by atoms with E-state index >= 15 is 0 Å². The second kappa shape index (κ2) is 9.44. The van der Waals surface area contributed by atoms with Gasteiger partial charge in [0.15, 0.2) is 0 Å². The molecule has 0 aromatic heterocycles. The van der Waals surface area contributed by atoms with Crippen molar-refractivity contribution in [1.82, 2.24) is 4.90 Å². The standard InChI is InChI=1S/C14H27NO/c1-5-8-9-10-11-12-13(4)14(16)15(6-2)7-3/h12H,5-11H2,1-4H3/b13-12+. The number of rotatable bonds is 8. The fourth-order valence-corrected chi connectivity index (χ4v) is 1.74. The molecular weight excluding hydrogens is 198 g/mol. The molecule has 1 amide bonds. The largest absolute Gasteiger partial charge is 0.340 e. The molecule has 2 heteroatoms. The summed E-state index contributed by atoms with van der Waals surface area (Å²) in [6.45, 7) is 9.80. The van der Waals surface area contributed by atoms with E-state index in [4.69, 9.17) is 0 Å². The molecule has 0 radical (unpaired) electrons. The maximum Gasteiger partial charge on any atom is 0.249 e. The second-order valence-corrected chi connectivity index (χ2v) is 4.21. The summed E-state index contributed by atoms with van der Waals surface area (Å²) < 4.78 is 0. The van der Waals surface area contributed by atoms with Gasteiger partial charge in [0.05, 0.1) is 0 Å². The molecule has 94 valence electrons. The minimum Gasteiger partial charge on any atom is -0.340 e. The van der Waals surface area contributed by atoms with Crippen molar-refractivity contribution in [2.75, 3.05) is 13.1 Å². The van der Waals surface area contributed by atoms with Crippen LogP contribution >= 0.6 is 0 Å². The average molecular weight is 225 g/mol. The summed E-state index contributed by atoms with van der Waals surface area (Å²) in [5, 5.41) is 0. The third kappa shape index (κ3) is 5.94. The van der Waals surface area contributed by atoms with Crippen molar-refractivity contribution < 1.29 is 4.79 Å². The van der Waals surface area contributed by atoms with E-state index in [9.17, 15) is 4.79 Å². The minimum atomic E-state index is 0.195. The lowest BCUT2D eigenvalue weighted by atomic mass is 10.1. The fourth-order valence-electron chi connectivity index (χ4n) is 1.74. The maximum absolute atomic E-state index is 11.9. The zero-order valence-electron chi connectivity index (χ0n) is 11.4. The summed E-state index contributed by atoms with van der Waals surface area (Å²) in [7, 11) is 0. The van der Waals surface area contributed by atoms with Crippen LogP contribution in [0.15, 0.2) is 11.6 Å². The molecule has 0 unspecified atom stereocenters. The topological polar surface area (TPSA) is 20.3 Å². The normalized spacial score (nSPS) is 11.6. The van der Waals surface area contributed by atoms with E-state index in [-0.39, 0.29) is 5.91 Å². The number of hydrogen-bond acceptors (Lipinski definition) is 1. The maximum atomic E-state index is 11.9. The molecule has 0 aromatic rings. The number of nitrogens with zero attached hydrogens (tertiary/aromatic N) is 1. The van der Waals surface area contributed by atoms with E-state index in [0.29, 0.717) is 0 Å². The van der Waals surface area contributed by atoms with Crippen molar-refractivity contribution in [3.05, 3.63) is 11.6 Å². The van der Waals surface area contributed by atoms with Crippen molar-refractivity contribution in [2.45, 2.75) is 59.8 Å². The van der Waals surface area contributed by atoms with Crippen molar-refractivity contribution in [1.29, 1.82) is 0 Å².